The highest BCUT2D eigenvalue weighted by Gasteiger charge is 2.21. The van der Waals surface area contributed by atoms with E-state index in [1.165, 1.54) is 6.08 Å². The van der Waals surface area contributed by atoms with Gasteiger partial charge in [-0.1, -0.05) is 41.1 Å². The molecule has 3 aromatic rings. The molecular formula is C20H18FN3O5S. The Morgan fingerprint density at radius 1 is 1.27 bits per heavy atom. The van der Waals surface area contributed by atoms with E-state index in [4.69, 9.17) is 9.26 Å². The lowest BCUT2D eigenvalue weighted by molar-refractivity contribution is 0.0429. The highest BCUT2D eigenvalue weighted by atomic mass is 32.2. The van der Waals surface area contributed by atoms with E-state index in [9.17, 15) is 17.6 Å². The molecule has 10 heteroatoms. The van der Waals surface area contributed by atoms with Crippen LogP contribution in [0.3, 0.4) is 0 Å². The van der Waals surface area contributed by atoms with Crippen LogP contribution in [0.5, 0.6) is 0 Å². The minimum absolute atomic E-state index is 0.0570. The van der Waals surface area contributed by atoms with Gasteiger partial charge in [0.05, 0.1) is 5.56 Å². The maximum atomic E-state index is 14.0. The van der Waals surface area contributed by atoms with E-state index in [0.29, 0.717) is 5.82 Å². The number of halogens is 1. The van der Waals surface area contributed by atoms with Gasteiger partial charge >= 0.3 is 5.97 Å². The average molecular weight is 431 g/mol. The molecule has 0 aliphatic heterocycles. The molecule has 0 radical (unpaired) electrons. The van der Waals surface area contributed by atoms with Crippen LogP contribution in [0.2, 0.25) is 0 Å². The number of carbonyl (C=O) groups excluding carboxylic acids is 1. The number of aryl methyl sites for hydroxylation is 1. The first-order chi connectivity index (χ1) is 14.3. The van der Waals surface area contributed by atoms with Gasteiger partial charge in [0, 0.05) is 12.1 Å². The first-order valence-corrected chi connectivity index (χ1v) is 10.3. The number of benzene rings is 2. The van der Waals surface area contributed by atoms with Crippen LogP contribution in [-0.2, 0) is 21.4 Å². The van der Waals surface area contributed by atoms with Gasteiger partial charge in [0.2, 0.25) is 15.8 Å². The summed E-state index contributed by atoms with van der Waals surface area (Å²) in [5.41, 5.74) is 1.67. The summed E-state index contributed by atoms with van der Waals surface area (Å²) in [7, 11) is -4.15. The molecule has 0 aliphatic rings. The minimum Gasteiger partial charge on any atom is -0.452 e. The van der Waals surface area contributed by atoms with Gasteiger partial charge in [-0.05, 0) is 25.1 Å². The number of rotatable bonds is 8. The van der Waals surface area contributed by atoms with Crippen LogP contribution in [-0.4, -0.2) is 31.1 Å². The molecule has 156 valence electrons. The van der Waals surface area contributed by atoms with E-state index < -0.39 is 26.7 Å². The van der Waals surface area contributed by atoms with Crippen LogP contribution in [0.25, 0.3) is 11.4 Å². The predicted octanol–water partition coefficient (Wildman–Crippen LogP) is 3.01. The van der Waals surface area contributed by atoms with Gasteiger partial charge in [0.25, 0.3) is 5.89 Å². The Hall–Kier alpha value is -3.37. The molecule has 0 fully saturated rings. The average Bonchev–Trinajstić information content (AvgIpc) is 3.20. The van der Waals surface area contributed by atoms with Gasteiger partial charge in [0.1, 0.15) is 10.7 Å². The van der Waals surface area contributed by atoms with E-state index in [1.807, 2.05) is 31.2 Å². The highest BCUT2D eigenvalue weighted by Crippen LogP contribution is 2.19. The molecule has 8 nitrogen and oxygen atoms in total. The van der Waals surface area contributed by atoms with Crippen molar-refractivity contribution in [2.24, 2.45) is 0 Å². The van der Waals surface area contributed by atoms with Crippen LogP contribution in [0.4, 0.5) is 4.39 Å². The lowest BCUT2D eigenvalue weighted by Gasteiger charge is -2.08. The second-order valence-electron chi connectivity index (χ2n) is 6.24. The molecule has 0 unspecified atom stereocenters. The zero-order chi connectivity index (χ0) is 21.7. The number of carbonyl (C=O) groups is 1. The van der Waals surface area contributed by atoms with E-state index in [2.05, 4.69) is 21.4 Å². The van der Waals surface area contributed by atoms with Crippen molar-refractivity contribution < 1.29 is 26.9 Å². The standard InChI is InChI=1S/C20H18FN3O5S/c1-3-10-22-30(26,27)17-11-15(8-9-16(17)21)20(25)28-12-18-23-19(24-29-18)14-6-4-13(2)5-7-14/h3-9,11,22H,1,10,12H2,2H3. The first-order valence-electron chi connectivity index (χ1n) is 8.77. The van der Waals surface area contributed by atoms with Crippen molar-refractivity contribution in [3.63, 3.8) is 0 Å². The van der Waals surface area contributed by atoms with Crippen molar-refractivity contribution >= 4 is 16.0 Å². The second-order valence-corrected chi connectivity index (χ2v) is 7.98. The number of hydrogen-bond acceptors (Lipinski definition) is 7. The Morgan fingerprint density at radius 2 is 2.00 bits per heavy atom. The van der Waals surface area contributed by atoms with Crippen molar-refractivity contribution in [1.82, 2.24) is 14.9 Å². The summed E-state index contributed by atoms with van der Waals surface area (Å²) >= 11 is 0. The lowest BCUT2D eigenvalue weighted by Crippen LogP contribution is -2.25. The Kier molecular flexibility index (Phi) is 6.38. The van der Waals surface area contributed by atoms with Crippen molar-refractivity contribution in [3.8, 4) is 11.4 Å². The van der Waals surface area contributed by atoms with E-state index in [-0.39, 0.29) is 24.6 Å². The van der Waals surface area contributed by atoms with Crippen molar-refractivity contribution in [2.75, 3.05) is 6.54 Å². The molecule has 0 saturated carbocycles. The van der Waals surface area contributed by atoms with Gasteiger partial charge in [-0.3, -0.25) is 0 Å². The molecule has 1 N–H and O–H groups in total. The molecule has 0 bridgehead atoms. The van der Waals surface area contributed by atoms with E-state index >= 15 is 0 Å². The second kappa shape index (κ2) is 8.97. The van der Waals surface area contributed by atoms with Crippen molar-refractivity contribution in [3.05, 3.63) is 78.0 Å². The number of ether oxygens (including phenoxy) is 1. The van der Waals surface area contributed by atoms with E-state index in [1.54, 1.807) is 0 Å². The maximum absolute atomic E-state index is 14.0. The first kappa shape index (κ1) is 21.3. The smallest absolute Gasteiger partial charge is 0.338 e. The Labute approximate surface area is 172 Å². The third kappa shape index (κ3) is 4.97. The van der Waals surface area contributed by atoms with E-state index in [0.717, 1.165) is 29.3 Å². The molecule has 30 heavy (non-hydrogen) atoms. The third-order valence-corrected chi connectivity index (χ3v) is 5.42. The fraction of sp³-hybridized carbons (Fsp3) is 0.150. The Balaban J connectivity index is 1.70. The topological polar surface area (TPSA) is 111 Å². The van der Waals surface area contributed by atoms with Crippen molar-refractivity contribution in [2.45, 2.75) is 18.4 Å². The summed E-state index contributed by atoms with van der Waals surface area (Å²) in [6, 6.07) is 10.4. The van der Waals surface area contributed by atoms with Gasteiger partial charge in [-0.25, -0.2) is 22.3 Å². The number of esters is 1. The number of nitrogens with zero attached hydrogens (tertiary/aromatic N) is 2. The Bertz CT molecular complexity index is 1170. The van der Waals surface area contributed by atoms with Crippen LogP contribution < -0.4 is 4.72 Å². The molecule has 2 aromatic carbocycles. The predicted molar refractivity (Wildman–Crippen MR) is 105 cm³/mol. The fourth-order valence-corrected chi connectivity index (χ4v) is 3.53. The summed E-state index contributed by atoms with van der Waals surface area (Å²) in [6.07, 6.45) is 1.31. The number of hydrogen-bond donors (Lipinski definition) is 1. The van der Waals surface area contributed by atoms with Crippen molar-refractivity contribution in [1.29, 1.82) is 0 Å². The highest BCUT2D eigenvalue weighted by molar-refractivity contribution is 7.89. The zero-order valence-corrected chi connectivity index (χ0v) is 16.8. The third-order valence-electron chi connectivity index (χ3n) is 3.98. The maximum Gasteiger partial charge on any atom is 0.338 e. The largest absolute Gasteiger partial charge is 0.452 e. The number of aromatic nitrogens is 2. The SMILES string of the molecule is C=CCNS(=O)(=O)c1cc(C(=O)OCc2nc(-c3ccc(C)cc3)no2)ccc1F. The summed E-state index contributed by atoms with van der Waals surface area (Å²) in [5, 5.41) is 3.83. The molecule has 3 rings (SSSR count). The monoisotopic (exact) mass is 431 g/mol. The zero-order valence-electron chi connectivity index (χ0n) is 16.0. The van der Waals surface area contributed by atoms with Crippen LogP contribution in [0.15, 0.2) is 64.5 Å². The Morgan fingerprint density at radius 3 is 2.70 bits per heavy atom. The summed E-state index contributed by atoms with van der Waals surface area (Å²) in [4.78, 5) is 15.8. The van der Waals surface area contributed by atoms with Gasteiger partial charge in [-0.2, -0.15) is 4.98 Å². The summed E-state index contributed by atoms with van der Waals surface area (Å²) in [5.74, 6) is -1.47. The quantitative estimate of drug-likeness (QED) is 0.431. The normalized spacial score (nSPS) is 11.3. The molecule has 0 spiro atoms. The fourth-order valence-electron chi connectivity index (χ4n) is 2.43. The van der Waals surface area contributed by atoms with Gasteiger partial charge in [-0.15, -0.1) is 6.58 Å². The molecular weight excluding hydrogens is 413 g/mol. The van der Waals surface area contributed by atoms with Gasteiger partial charge in [0.15, 0.2) is 6.61 Å². The summed E-state index contributed by atoms with van der Waals surface area (Å²) < 4.78 is 50.5. The molecule has 1 aromatic heterocycles. The lowest BCUT2D eigenvalue weighted by atomic mass is 10.1. The number of sulfonamides is 1. The van der Waals surface area contributed by atoms with Crippen LogP contribution in [0, 0.1) is 12.7 Å². The molecule has 0 amide bonds. The number of nitrogens with one attached hydrogen (secondary N) is 1. The minimum atomic E-state index is -4.15. The molecule has 0 saturated heterocycles. The molecule has 1 heterocycles. The van der Waals surface area contributed by atoms with Crippen LogP contribution in [0.1, 0.15) is 21.8 Å². The summed E-state index contributed by atoms with van der Waals surface area (Å²) in [6.45, 7) is 4.93. The molecule has 0 aliphatic carbocycles. The van der Waals surface area contributed by atoms with Crippen LogP contribution >= 0.6 is 0 Å². The van der Waals surface area contributed by atoms with Gasteiger partial charge < -0.3 is 9.26 Å². The molecule has 0 atom stereocenters.